The van der Waals surface area contributed by atoms with Gasteiger partial charge in [-0.2, -0.15) is 0 Å². The minimum Gasteiger partial charge on any atom is -0.480 e. The Balaban J connectivity index is 4.73. The fourth-order valence-corrected chi connectivity index (χ4v) is 1.65. The zero-order valence-corrected chi connectivity index (χ0v) is 11.9. The van der Waals surface area contributed by atoms with E-state index in [2.05, 4.69) is 0 Å². The molecule has 7 heteroatoms. The lowest BCUT2D eigenvalue weighted by atomic mass is 10.2. The third kappa shape index (κ3) is 5.15. The van der Waals surface area contributed by atoms with E-state index in [1.807, 2.05) is 0 Å². The highest BCUT2D eigenvalue weighted by Crippen LogP contribution is 2.06. The van der Waals surface area contributed by atoms with Crippen LogP contribution in [0.5, 0.6) is 0 Å². The van der Waals surface area contributed by atoms with Gasteiger partial charge in [0.2, 0.25) is 0 Å². The summed E-state index contributed by atoms with van der Waals surface area (Å²) in [4.78, 5) is 36.9. The van der Waals surface area contributed by atoms with Crippen LogP contribution in [-0.4, -0.2) is 65.7 Å². The molecule has 0 fully saturated rings. The van der Waals surface area contributed by atoms with Crippen LogP contribution in [-0.2, 0) is 14.3 Å². The topological polar surface area (TPSA) is 87.2 Å². The second-order valence-corrected chi connectivity index (χ2v) is 3.97. The second-order valence-electron chi connectivity index (χ2n) is 3.97. The van der Waals surface area contributed by atoms with Crippen molar-refractivity contribution in [2.24, 2.45) is 0 Å². The summed E-state index contributed by atoms with van der Waals surface area (Å²) in [5, 5.41) is 9.01. The molecule has 0 aliphatic carbocycles. The molecule has 0 aromatic carbocycles. The number of aliphatic carboxylic acids is 1. The van der Waals surface area contributed by atoms with Crippen LogP contribution in [0.25, 0.3) is 0 Å². The van der Waals surface area contributed by atoms with Crippen LogP contribution in [0.4, 0.5) is 4.79 Å². The Hall–Kier alpha value is -1.79. The molecule has 2 amide bonds. The fourth-order valence-electron chi connectivity index (χ4n) is 1.65. The molecule has 110 valence electrons. The first kappa shape index (κ1) is 17.2. The predicted octanol–water partition coefficient (Wildman–Crippen LogP) is 0.786. The van der Waals surface area contributed by atoms with Gasteiger partial charge in [-0.3, -0.25) is 4.79 Å². The number of carbonyl (C=O) groups is 3. The molecule has 0 saturated carbocycles. The molecule has 0 aromatic heterocycles. The van der Waals surface area contributed by atoms with Gasteiger partial charge in [0.05, 0.1) is 6.61 Å². The highest BCUT2D eigenvalue weighted by molar-refractivity contribution is 5.85. The zero-order chi connectivity index (χ0) is 15.0. The van der Waals surface area contributed by atoms with Gasteiger partial charge in [-0.1, -0.05) is 6.92 Å². The van der Waals surface area contributed by atoms with E-state index in [-0.39, 0.29) is 13.2 Å². The molecule has 1 unspecified atom stereocenters. The average molecular weight is 274 g/mol. The summed E-state index contributed by atoms with van der Waals surface area (Å²) >= 11 is 0. The monoisotopic (exact) mass is 274 g/mol. The van der Waals surface area contributed by atoms with Crippen molar-refractivity contribution in [3.05, 3.63) is 0 Å². The normalized spacial score (nSPS) is 11.6. The maximum Gasteiger partial charge on any atom is 0.326 e. The van der Waals surface area contributed by atoms with Crippen LogP contribution in [0.15, 0.2) is 0 Å². The minimum absolute atomic E-state index is 0.177. The Kier molecular flexibility index (Phi) is 7.55. The van der Waals surface area contributed by atoms with Crippen LogP contribution < -0.4 is 0 Å². The van der Waals surface area contributed by atoms with E-state index in [1.165, 1.54) is 11.9 Å². The van der Waals surface area contributed by atoms with Gasteiger partial charge in [0.1, 0.15) is 12.6 Å². The van der Waals surface area contributed by atoms with E-state index in [4.69, 9.17) is 9.84 Å². The molecule has 19 heavy (non-hydrogen) atoms. The number of ether oxygens (including phenoxy) is 1. The summed E-state index contributed by atoms with van der Waals surface area (Å²) in [6.45, 7) is 5.45. The summed E-state index contributed by atoms with van der Waals surface area (Å²) in [5.41, 5.74) is 0. The number of carboxylic acid groups (broad SMARTS) is 1. The summed E-state index contributed by atoms with van der Waals surface area (Å²) in [7, 11) is 1.42. The highest BCUT2D eigenvalue weighted by atomic mass is 16.5. The quantitative estimate of drug-likeness (QED) is 0.693. The lowest BCUT2D eigenvalue weighted by molar-refractivity contribution is -0.143. The summed E-state index contributed by atoms with van der Waals surface area (Å²) in [5.74, 6) is -1.57. The van der Waals surface area contributed by atoms with Gasteiger partial charge in [0, 0.05) is 13.6 Å². The average Bonchev–Trinajstić information content (AvgIpc) is 2.35. The molecule has 1 atom stereocenters. The van der Waals surface area contributed by atoms with Crippen LogP contribution in [0.1, 0.15) is 27.2 Å². The SMILES string of the molecule is CCOC(=O)CN(CC)C(=O)N(C)C(CC)C(=O)O. The largest absolute Gasteiger partial charge is 0.480 e. The van der Waals surface area contributed by atoms with E-state index < -0.39 is 24.0 Å². The number of hydrogen-bond donors (Lipinski definition) is 1. The van der Waals surface area contributed by atoms with Gasteiger partial charge in [-0.25, -0.2) is 9.59 Å². The van der Waals surface area contributed by atoms with Crippen molar-refractivity contribution in [2.75, 3.05) is 26.7 Å². The maximum absolute atomic E-state index is 12.1. The number of rotatable bonds is 7. The van der Waals surface area contributed by atoms with Gasteiger partial charge >= 0.3 is 18.0 Å². The van der Waals surface area contributed by atoms with E-state index in [0.717, 1.165) is 4.90 Å². The third-order valence-corrected chi connectivity index (χ3v) is 2.72. The Labute approximate surface area is 113 Å². The number of carbonyl (C=O) groups excluding carboxylic acids is 2. The number of amides is 2. The van der Waals surface area contributed by atoms with E-state index in [0.29, 0.717) is 13.0 Å². The van der Waals surface area contributed by atoms with Crippen molar-refractivity contribution in [1.82, 2.24) is 9.80 Å². The maximum atomic E-state index is 12.1. The molecule has 0 radical (unpaired) electrons. The van der Waals surface area contributed by atoms with Gasteiger partial charge in [0.25, 0.3) is 0 Å². The van der Waals surface area contributed by atoms with Gasteiger partial charge in [-0.05, 0) is 20.3 Å². The summed E-state index contributed by atoms with van der Waals surface area (Å²) in [6, 6.07) is -1.39. The predicted molar refractivity (Wildman–Crippen MR) is 68.8 cm³/mol. The van der Waals surface area contributed by atoms with Crippen LogP contribution >= 0.6 is 0 Å². The minimum atomic E-state index is -1.06. The molecule has 7 nitrogen and oxygen atoms in total. The molecule has 0 spiro atoms. The molecular weight excluding hydrogens is 252 g/mol. The highest BCUT2D eigenvalue weighted by Gasteiger charge is 2.28. The molecular formula is C12H22N2O5. The first-order valence-corrected chi connectivity index (χ1v) is 6.29. The van der Waals surface area contributed by atoms with Crippen LogP contribution in [0.2, 0.25) is 0 Å². The van der Waals surface area contributed by atoms with Crippen molar-refractivity contribution in [1.29, 1.82) is 0 Å². The summed E-state index contributed by atoms with van der Waals surface area (Å²) < 4.78 is 4.77. The molecule has 0 aromatic rings. The van der Waals surface area contributed by atoms with Gasteiger partial charge < -0.3 is 19.6 Å². The van der Waals surface area contributed by atoms with E-state index in [1.54, 1.807) is 20.8 Å². The van der Waals surface area contributed by atoms with Gasteiger partial charge in [-0.15, -0.1) is 0 Å². The van der Waals surface area contributed by atoms with Crippen molar-refractivity contribution < 1.29 is 24.2 Å². The molecule has 0 aliphatic heterocycles. The first-order valence-electron chi connectivity index (χ1n) is 6.29. The lowest BCUT2D eigenvalue weighted by Gasteiger charge is -2.30. The number of esters is 1. The number of hydrogen-bond acceptors (Lipinski definition) is 4. The number of carboxylic acids is 1. The van der Waals surface area contributed by atoms with Crippen LogP contribution in [0.3, 0.4) is 0 Å². The van der Waals surface area contributed by atoms with Crippen molar-refractivity contribution >= 4 is 18.0 Å². The van der Waals surface area contributed by atoms with Crippen LogP contribution in [0, 0.1) is 0 Å². The second kappa shape index (κ2) is 8.34. The molecule has 0 heterocycles. The number of urea groups is 1. The third-order valence-electron chi connectivity index (χ3n) is 2.72. The number of likely N-dealkylation sites (N-methyl/N-ethyl adjacent to an activating group) is 2. The standard InChI is InChI=1S/C12H22N2O5/c1-5-9(11(16)17)13(4)12(18)14(6-2)8-10(15)19-7-3/h9H,5-8H2,1-4H3,(H,16,17). The fraction of sp³-hybridized carbons (Fsp3) is 0.750. The molecule has 0 saturated heterocycles. The first-order chi connectivity index (χ1) is 8.88. The summed E-state index contributed by atoms with van der Waals surface area (Å²) in [6.07, 6.45) is 0.300. The smallest absolute Gasteiger partial charge is 0.326 e. The Bertz CT molecular complexity index is 332. The van der Waals surface area contributed by atoms with Crippen molar-refractivity contribution in [3.8, 4) is 0 Å². The van der Waals surface area contributed by atoms with E-state index >= 15 is 0 Å². The molecule has 0 aliphatic rings. The van der Waals surface area contributed by atoms with Crippen molar-refractivity contribution in [3.63, 3.8) is 0 Å². The molecule has 0 rings (SSSR count). The Morgan fingerprint density at radius 2 is 1.79 bits per heavy atom. The Morgan fingerprint density at radius 1 is 1.21 bits per heavy atom. The Morgan fingerprint density at radius 3 is 2.16 bits per heavy atom. The molecule has 0 bridgehead atoms. The van der Waals surface area contributed by atoms with Gasteiger partial charge in [0.15, 0.2) is 0 Å². The zero-order valence-electron chi connectivity index (χ0n) is 11.9. The molecule has 1 N–H and O–H groups in total. The lowest BCUT2D eigenvalue weighted by Crippen LogP contribution is -2.50. The van der Waals surface area contributed by atoms with Crippen molar-refractivity contribution in [2.45, 2.75) is 33.2 Å². The number of nitrogens with zero attached hydrogens (tertiary/aromatic N) is 2. The van der Waals surface area contributed by atoms with E-state index in [9.17, 15) is 14.4 Å².